The van der Waals surface area contributed by atoms with Crippen molar-refractivity contribution in [1.29, 1.82) is 10.8 Å². The minimum atomic E-state index is -0.290. The third-order valence-corrected chi connectivity index (χ3v) is 7.85. The van der Waals surface area contributed by atoms with Gasteiger partial charge < -0.3 is 26.8 Å². The molecule has 12 heteroatoms. The summed E-state index contributed by atoms with van der Waals surface area (Å²) in [5.74, 6) is -0.203. The first-order chi connectivity index (χ1) is 23.5. The molecule has 1 unspecified atom stereocenters. The van der Waals surface area contributed by atoms with E-state index in [1.54, 1.807) is 29.1 Å². The number of benzene rings is 2. The Bertz CT molecular complexity index is 1790. The molecule has 49 heavy (non-hydrogen) atoms. The number of thiol groups is 1. The molecule has 0 aliphatic heterocycles. The van der Waals surface area contributed by atoms with E-state index in [0.717, 1.165) is 45.4 Å². The molecule has 0 aliphatic carbocycles. The van der Waals surface area contributed by atoms with Crippen LogP contribution in [0.3, 0.4) is 0 Å². The van der Waals surface area contributed by atoms with Gasteiger partial charge in [0.2, 0.25) is 5.91 Å². The van der Waals surface area contributed by atoms with Crippen LogP contribution in [0.15, 0.2) is 73.1 Å². The van der Waals surface area contributed by atoms with E-state index in [4.69, 9.17) is 21.7 Å². The molecule has 1 atom stereocenters. The summed E-state index contributed by atoms with van der Waals surface area (Å²) in [6.07, 6.45) is 4.80. The molecule has 2 heterocycles. The SMILES string of the molecule is CCCC(N)=O.Cc1c(NC(=O)c2ccc(CNCCO)cn2)cccc1-c1cccc(-c2ccn(C(=N)CNCC(C)S)c(=N)c2)c1C. The summed E-state index contributed by atoms with van der Waals surface area (Å²) < 4.78 is 1.56. The quantitative estimate of drug-likeness (QED) is 0.0414. The third-order valence-electron chi connectivity index (χ3n) is 7.67. The van der Waals surface area contributed by atoms with Crippen molar-refractivity contribution in [3.05, 3.63) is 101 Å². The lowest BCUT2D eigenvalue weighted by Gasteiger charge is -2.17. The Labute approximate surface area is 293 Å². The first-order valence-corrected chi connectivity index (χ1v) is 16.8. The summed E-state index contributed by atoms with van der Waals surface area (Å²) in [7, 11) is 0. The molecule has 260 valence electrons. The standard InChI is InChI=1S/C33H39N7O2S.C4H9NO/c1-21(43)17-37-20-32(35)40-14-12-25(16-31(40)34)26-6-4-7-27(22(26)2)28-8-5-9-29(23(28)3)39-33(42)30-11-10-24(19-38-30)18-36-13-15-41;1-2-3-4(5)6/h4-12,14,16,19,21,34-37,41,43H,13,15,17-18,20H2,1-3H3,(H,39,42);2-3H2,1H3,(H2,5,6). The molecule has 0 aliphatic rings. The van der Waals surface area contributed by atoms with Crippen LogP contribution in [0, 0.1) is 24.7 Å². The highest BCUT2D eigenvalue weighted by atomic mass is 32.1. The molecule has 4 rings (SSSR count). The van der Waals surface area contributed by atoms with E-state index in [1.807, 2.05) is 63.2 Å². The van der Waals surface area contributed by atoms with Gasteiger partial charge in [0.25, 0.3) is 5.91 Å². The number of rotatable bonds is 14. The predicted molar refractivity (Wildman–Crippen MR) is 200 cm³/mol. The summed E-state index contributed by atoms with van der Waals surface area (Å²) in [6, 6.07) is 19.2. The minimum Gasteiger partial charge on any atom is -0.395 e. The lowest BCUT2D eigenvalue weighted by atomic mass is 9.90. The van der Waals surface area contributed by atoms with Crippen molar-refractivity contribution < 1.29 is 14.7 Å². The topological polar surface area (TPSA) is 182 Å². The fraction of sp³-hybridized carbons (Fsp3) is 0.324. The van der Waals surface area contributed by atoms with E-state index >= 15 is 0 Å². The molecule has 0 radical (unpaired) electrons. The van der Waals surface area contributed by atoms with Crippen molar-refractivity contribution in [2.24, 2.45) is 5.73 Å². The van der Waals surface area contributed by atoms with Crippen molar-refractivity contribution in [3.8, 4) is 22.3 Å². The molecule has 8 N–H and O–H groups in total. The lowest BCUT2D eigenvalue weighted by molar-refractivity contribution is -0.118. The molecule has 4 aromatic rings. The number of hydrogen-bond acceptors (Lipinski definition) is 9. The van der Waals surface area contributed by atoms with Gasteiger partial charge in [-0.25, -0.2) is 0 Å². The van der Waals surface area contributed by atoms with Crippen LogP contribution in [0.4, 0.5) is 5.69 Å². The van der Waals surface area contributed by atoms with Gasteiger partial charge in [0.05, 0.1) is 13.2 Å². The van der Waals surface area contributed by atoms with Crippen LogP contribution in [0.25, 0.3) is 22.3 Å². The average Bonchev–Trinajstić information content (AvgIpc) is 3.06. The number of aliphatic hydroxyl groups excluding tert-OH is 1. The fourth-order valence-electron chi connectivity index (χ4n) is 5.10. The van der Waals surface area contributed by atoms with Crippen molar-refractivity contribution >= 4 is 36.0 Å². The maximum Gasteiger partial charge on any atom is 0.274 e. The Hall–Kier alpha value is -4.62. The summed E-state index contributed by atoms with van der Waals surface area (Å²) in [5, 5.41) is 35.3. The summed E-state index contributed by atoms with van der Waals surface area (Å²) in [5.41, 5.74) is 12.9. The molecule has 0 spiro atoms. The first kappa shape index (κ1) is 38.8. The Morgan fingerprint density at radius 1 is 1.02 bits per heavy atom. The van der Waals surface area contributed by atoms with Gasteiger partial charge in [-0.15, -0.1) is 0 Å². The number of amides is 2. The largest absolute Gasteiger partial charge is 0.395 e. The summed E-state index contributed by atoms with van der Waals surface area (Å²) in [4.78, 5) is 27.2. The molecule has 0 fully saturated rings. The first-order valence-electron chi connectivity index (χ1n) is 16.3. The predicted octanol–water partition coefficient (Wildman–Crippen LogP) is 4.65. The maximum absolute atomic E-state index is 13.0. The highest BCUT2D eigenvalue weighted by Gasteiger charge is 2.15. The number of pyridine rings is 2. The second-order valence-electron chi connectivity index (χ2n) is 11.7. The molecular formula is C37H48N8O3S. The Morgan fingerprint density at radius 2 is 1.71 bits per heavy atom. The minimum absolute atomic E-state index is 0.0654. The molecule has 2 aromatic carbocycles. The zero-order valence-electron chi connectivity index (χ0n) is 28.6. The number of aliphatic hydroxyl groups is 1. The molecule has 0 bridgehead atoms. The Balaban J connectivity index is 0.000000992. The smallest absolute Gasteiger partial charge is 0.274 e. The second-order valence-corrected chi connectivity index (χ2v) is 12.6. The number of primary amides is 1. The van der Waals surface area contributed by atoms with Crippen LogP contribution in [0.2, 0.25) is 0 Å². The Morgan fingerprint density at radius 3 is 2.31 bits per heavy atom. The number of nitrogens with one attached hydrogen (secondary N) is 5. The third kappa shape index (κ3) is 11.5. The highest BCUT2D eigenvalue weighted by Crippen LogP contribution is 2.35. The van der Waals surface area contributed by atoms with Crippen LogP contribution >= 0.6 is 12.6 Å². The molecular weight excluding hydrogens is 637 g/mol. The molecule has 0 saturated carbocycles. The van der Waals surface area contributed by atoms with Crippen molar-refractivity contribution in [2.75, 3.05) is 31.6 Å². The lowest BCUT2D eigenvalue weighted by Crippen LogP contribution is -2.35. The van der Waals surface area contributed by atoms with Gasteiger partial charge in [-0.1, -0.05) is 50.2 Å². The number of anilines is 1. The number of hydrogen-bond donors (Lipinski definition) is 8. The van der Waals surface area contributed by atoms with Crippen LogP contribution in [-0.4, -0.2) is 63.8 Å². The van der Waals surface area contributed by atoms with E-state index < -0.39 is 0 Å². The monoisotopic (exact) mass is 684 g/mol. The molecule has 2 amide bonds. The highest BCUT2D eigenvalue weighted by molar-refractivity contribution is 7.80. The molecule has 2 aromatic heterocycles. The van der Waals surface area contributed by atoms with Crippen molar-refractivity contribution in [3.63, 3.8) is 0 Å². The van der Waals surface area contributed by atoms with Gasteiger partial charge in [-0.3, -0.25) is 30.0 Å². The van der Waals surface area contributed by atoms with Crippen molar-refractivity contribution in [2.45, 2.75) is 52.3 Å². The zero-order valence-corrected chi connectivity index (χ0v) is 29.5. The summed E-state index contributed by atoms with van der Waals surface area (Å²) in [6.45, 7) is 10.1. The van der Waals surface area contributed by atoms with Crippen LogP contribution in [-0.2, 0) is 11.3 Å². The summed E-state index contributed by atoms with van der Waals surface area (Å²) >= 11 is 4.36. The van der Waals surface area contributed by atoms with Gasteiger partial charge in [-0.05, 0) is 83.5 Å². The maximum atomic E-state index is 13.0. The van der Waals surface area contributed by atoms with Gasteiger partial charge in [-0.2, -0.15) is 12.6 Å². The Kier molecular flexibility index (Phi) is 15.4. The van der Waals surface area contributed by atoms with E-state index in [0.29, 0.717) is 49.8 Å². The molecule has 11 nitrogen and oxygen atoms in total. The molecule has 0 saturated heterocycles. The second kappa shape index (κ2) is 19.4. The van der Waals surface area contributed by atoms with Gasteiger partial charge in [0.15, 0.2) is 0 Å². The van der Waals surface area contributed by atoms with Crippen molar-refractivity contribution in [1.82, 2.24) is 20.2 Å². The van der Waals surface area contributed by atoms with Gasteiger partial charge >= 0.3 is 0 Å². The average molecular weight is 685 g/mol. The number of nitrogens with two attached hydrogens (primary N) is 1. The fourth-order valence-corrected chi connectivity index (χ4v) is 5.23. The van der Waals surface area contributed by atoms with E-state index in [-0.39, 0.29) is 29.2 Å². The van der Waals surface area contributed by atoms with E-state index in [1.165, 1.54) is 0 Å². The van der Waals surface area contributed by atoms with Crippen LogP contribution < -0.4 is 27.2 Å². The van der Waals surface area contributed by atoms with Crippen LogP contribution in [0.5, 0.6) is 0 Å². The zero-order chi connectivity index (χ0) is 35.9. The van der Waals surface area contributed by atoms with E-state index in [9.17, 15) is 9.59 Å². The van der Waals surface area contributed by atoms with Crippen LogP contribution in [0.1, 0.15) is 53.9 Å². The number of carbonyl (C=O) groups is 2. The van der Waals surface area contributed by atoms with E-state index in [2.05, 4.69) is 46.6 Å². The van der Waals surface area contributed by atoms with Gasteiger partial charge in [0, 0.05) is 49.4 Å². The number of nitrogens with zero attached hydrogens (tertiary/aromatic N) is 2. The number of aromatic nitrogens is 2. The normalized spacial score (nSPS) is 11.3. The number of carbonyl (C=O) groups excluding carboxylic acids is 2. The van der Waals surface area contributed by atoms with Gasteiger partial charge in [0.1, 0.15) is 17.0 Å².